The van der Waals surface area contributed by atoms with Gasteiger partial charge in [0, 0.05) is 45.4 Å². The number of amides is 4. The zero-order valence-corrected chi connectivity index (χ0v) is 18.8. The highest BCUT2D eigenvalue weighted by Gasteiger charge is 2.52. The Bertz CT molecular complexity index is 909. The summed E-state index contributed by atoms with van der Waals surface area (Å²) < 4.78 is 0. The van der Waals surface area contributed by atoms with Crippen LogP contribution < -0.4 is 10.2 Å². The molecule has 1 atom stereocenters. The van der Waals surface area contributed by atoms with Crippen LogP contribution in [0.5, 0.6) is 0 Å². The first-order valence-electron chi connectivity index (χ1n) is 11.7. The summed E-state index contributed by atoms with van der Waals surface area (Å²) in [7, 11) is 0. The molecule has 0 radical (unpaired) electrons. The Hall–Kier alpha value is -2.90. The summed E-state index contributed by atoms with van der Waals surface area (Å²) in [5.41, 5.74) is 0.379. The summed E-state index contributed by atoms with van der Waals surface area (Å²) >= 11 is 0. The molecule has 2 saturated heterocycles. The highest BCUT2D eigenvalue weighted by molar-refractivity contribution is 6.10. The summed E-state index contributed by atoms with van der Waals surface area (Å²) in [6.45, 7) is 4.02. The minimum absolute atomic E-state index is 0.00562. The van der Waals surface area contributed by atoms with Crippen LogP contribution in [0.3, 0.4) is 0 Å². The van der Waals surface area contributed by atoms with Crippen molar-refractivity contribution in [2.24, 2.45) is 0 Å². The maximum Gasteiger partial charge on any atom is 0.257 e. The van der Waals surface area contributed by atoms with Crippen molar-refractivity contribution in [3.8, 4) is 0 Å². The minimum Gasteiger partial charge on any atom is -0.356 e. The van der Waals surface area contributed by atoms with E-state index in [4.69, 9.17) is 0 Å². The van der Waals surface area contributed by atoms with E-state index >= 15 is 0 Å². The van der Waals surface area contributed by atoms with Gasteiger partial charge in [-0.3, -0.25) is 24.1 Å². The molecule has 4 rings (SSSR count). The third-order valence-corrected chi connectivity index (χ3v) is 6.93. The van der Waals surface area contributed by atoms with Crippen molar-refractivity contribution in [3.05, 3.63) is 29.8 Å². The van der Waals surface area contributed by atoms with Crippen LogP contribution in [-0.2, 0) is 14.4 Å². The highest BCUT2D eigenvalue weighted by atomic mass is 16.2. The lowest BCUT2D eigenvalue weighted by molar-refractivity contribution is -0.131. The van der Waals surface area contributed by atoms with Gasteiger partial charge in [0.1, 0.15) is 5.66 Å². The van der Waals surface area contributed by atoms with Gasteiger partial charge in [-0.25, -0.2) is 0 Å². The third-order valence-electron chi connectivity index (χ3n) is 6.93. The molecule has 1 N–H and O–H groups in total. The molecule has 32 heavy (non-hydrogen) atoms. The van der Waals surface area contributed by atoms with Gasteiger partial charge < -0.3 is 15.1 Å². The van der Waals surface area contributed by atoms with E-state index in [1.807, 2.05) is 17.9 Å². The highest BCUT2D eigenvalue weighted by Crippen LogP contribution is 2.43. The number of carbonyl (C=O) groups excluding carboxylic acids is 4. The molecule has 172 valence electrons. The molecule has 1 aromatic rings. The van der Waals surface area contributed by atoms with Crippen molar-refractivity contribution < 1.29 is 19.2 Å². The SMILES string of the molecule is CC12CCC(=O)N1c1ccccc1C(=O)N2CCC(=O)NCCC(=O)N1CCCCCC1. The average molecular weight is 441 g/mol. The lowest BCUT2D eigenvalue weighted by Gasteiger charge is -2.48. The number of rotatable bonds is 6. The first kappa shape index (κ1) is 22.3. The zero-order chi connectivity index (χ0) is 22.7. The van der Waals surface area contributed by atoms with Crippen LogP contribution in [0.25, 0.3) is 0 Å². The fourth-order valence-electron chi connectivity index (χ4n) is 5.13. The molecule has 8 heteroatoms. The van der Waals surface area contributed by atoms with E-state index in [9.17, 15) is 19.2 Å². The second-order valence-electron chi connectivity index (χ2n) is 9.07. The molecular formula is C24H32N4O4. The number of para-hydroxylation sites is 1. The van der Waals surface area contributed by atoms with E-state index in [2.05, 4.69) is 5.32 Å². The first-order valence-corrected chi connectivity index (χ1v) is 11.7. The van der Waals surface area contributed by atoms with E-state index in [0.29, 0.717) is 37.1 Å². The largest absolute Gasteiger partial charge is 0.356 e. The van der Waals surface area contributed by atoms with Gasteiger partial charge in [-0.2, -0.15) is 0 Å². The van der Waals surface area contributed by atoms with Crippen LogP contribution in [0.4, 0.5) is 5.69 Å². The number of hydrogen-bond donors (Lipinski definition) is 1. The molecular weight excluding hydrogens is 408 g/mol. The Balaban J connectivity index is 1.33. The van der Waals surface area contributed by atoms with Crippen molar-refractivity contribution in [3.63, 3.8) is 0 Å². The second kappa shape index (κ2) is 9.30. The van der Waals surface area contributed by atoms with Crippen molar-refractivity contribution in [1.29, 1.82) is 0 Å². The fraction of sp³-hybridized carbons (Fsp3) is 0.583. The Morgan fingerprint density at radius 1 is 1.03 bits per heavy atom. The van der Waals surface area contributed by atoms with E-state index < -0.39 is 5.66 Å². The predicted molar refractivity (Wildman–Crippen MR) is 120 cm³/mol. The number of likely N-dealkylation sites (tertiary alicyclic amines) is 1. The van der Waals surface area contributed by atoms with E-state index in [1.54, 1.807) is 28.0 Å². The lowest BCUT2D eigenvalue weighted by Crippen LogP contribution is -2.62. The van der Waals surface area contributed by atoms with Gasteiger partial charge in [0.05, 0.1) is 11.3 Å². The molecule has 3 aliphatic heterocycles. The standard InChI is InChI=1S/C24H32N4O4/c1-24-13-10-22(31)28(24)19-9-5-4-8-18(19)23(32)27(24)17-12-20(29)25-14-11-21(30)26-15-6-2-3-7-16-26/h4-5,8-9H,2-3,6-7,10-17H2,1H3,(H,25,29). The number of carbonyl (C=O) groups is 4. The van der Waals surface area contributed by atoms with Gasteiger partial charge in [0.25, 0.3) is 5.91 Å². The van der Waals surface area contributed by atoms with Gasteiger partial charge in [-0.1, -0.05) is 25.0 Å². The van der Waals surface area contributed by atoms with Gasteiger partial charge in [0.15, 0.2) is 0 Å². The lowest BCUT2D eigenvalue weighted by atomic mass is 9.98. The van der Waals surface area contributed by atoms with Crippen LogP contribution >= 0.6 is 0 Å². The van der Waals surface area contributed by atoms with Crippen molar-refractivity contribution in [2.75, 3.05) is 31.1 Å². The molecule has 0 aliphatic carbocycles. The molecule has 3 aliphatic rings. The van der Waals surface area contributed by atoms with E-state index in [0.717, 1.165) is 25.9 Å². The van der Waals surface area contributed by atoms with Gasteiger partial charge in [0.2, 0.25) is 17.7 Å². The summed E-state index contributed by atoms with van der Waals surface area (Å²) in [5, 5.41) is 2.82. The van der Waals surface area contributed by atoms with E-state index in [-0.39, 0.29) is 36.6 Å². The predicted octanol–water partition coefficient (Wildman–Crippen LogP) is 2.28. The Morgan fingerprint density at radius 3 is 2.50 bits per heavy atom. The number of hydrogen-bond acceptors (Lipinski definition) is 4. The molecule has 4 amide bonds. The number of nitrogens with zero attached hydrogens (tertiary/aromatic N) is 3. The molecule has 0 bridgehead atoms. The molecule has 3 heterocycles. The fourth-order valence-corrected chi connectivity index (χ4v) is 5.13. The summed E-state index contributed by atoms with van der Waals surface area (Å²) in [6, 6.07) is 7.14. The zero-order valence-electron chi connectivity index (χ0n) is 18.8. The average Bonchev–Trinajstić information content (AvgIpc) is 2.96. The van der Waals surface area contributed by atoms with Crippen LogP contribution in [-0.4, -0.2) is 65.3 Å². The van der Waals surface area contributed by atoms with Crippen LogP contribution in [0.2, 0.25) is 0 Å². The number of benzene rings is 1. The molecule has 0 saturated carbocycles. The van der Waals surface area contributed by atoms with Crippen molar-refractivity contribution in [2.45, 2.75) is 64.0 Å². The van der Waals surface area contributed by atoms with Gasteiger partial charge in [-0.15, -0.1) is 0 Å². The maximum atomic E-state index is 13.2. The van der Waals surface area contributed by atoms with Crippen LogP contribution in [0.1, 0.15) is 68.6 Å². The molecule has 0 spiro atoms. The van der Waals surface area contributed by atoms with Gasteiger partial charge in [-0.05, 0) is 38.3 Å². The molecule has 2 fully saturated rings. The monoisotopic (exact) mass is 440 g/mol. The third kappa shape index (κ3) is 4.23. The Kier molecular flexibility index (Phi) is 6.48. The number of anilines is 1. The van der Waals surface area contributed by atoms with Gasteiger partial charge >= 0.3 is 0 Å². The smallest absolute Gasteiger partial charge is 0.257 e. The molecule has 1 aromatic carbocycles. The van der Waals surface area contributed by atoms with Crippen LogP contribution in [0, 0.1) is 0 Å². The first-order chi connectivity index (χ1) is 15.4. The van der Waals surface area contributed by atoms with Crippen molar-refractivity contribution in [1.82, 2.24) is 15.1 Å². The van der Waals surface area contributed by atoms with Crippen LogP contribution in [0.15, 0.2) is 24.3 Å². The molecule has 8 nitrogen and oxygen atoms in total. The van der Waals surface area contributed by atoms with Crippen molar-refractivity contribution >= 4 is 29.3 Å². The maximum absolute atomic E-state index is 13.2. The second-order valence-corrected chi connectivity index (χ2v) is 9.07. The molecule has 1 unspecified atom stereocenters. The topological polar surface area (TPSA) is 90.0 Å². The normalized spacial score (nSPS) is 23.0. The summed E-state index contributed by atoms with van der Waals surface area (Å²) in [5.74, 6) is -0.269. The Morgan fingerprint density at radius 2 is 1.75 bits per heavy atom. The molecule has 0 aromatic heterocycles. The minimum atomic E-state index is -0.758. The number of fused-ring (bicyclic) bond motifs is 3. The number of nitrogens with one attached hydrogen (secondary N) is 1. The Labute approximate surface area is 188 Å². The summed E-state index contributed by atoms with van der Waals surface area (Å²) in [6.07, 6.45) is 5.76. The van der Waals surface area contributed by atoms with E-state index in [1.165, 1.54) is 12.8 Å². The summed E-state index contributed by atoms with van der Waals surface area (Å²) in [4.78, 5) is 55.9. The quantitative estimate of drug-likeness (QED) is 0.735.